The van der Waals surface area contributed by atoms with E-state index in [0.29, 0.717) is 5.69 Å². The van der Waals surface area contributed by atoms with Gasteiger partial charge in [-0.15, -0.1) is 0 Å². The van der Waals surface area contributed by atoms with Crippen LogP contribution in [0, 0.1) is 5.41 Å². The average Bonchev–Trinajstić information content (AvgIpc) is 2.44. The van der Waals surface area contributed by atoms with Gasteiger partial charge < -0.3 is 0 Å². The molecular weight excluding hydrogens is 284 g/mol. The molecule has 1 N–H and O–H groups in total. The molecule has 4 nitrogen and oxygen atoms in total. The third-order valence-corrected chi connectivity index (χ3v) is 3.24. The zero-order chi connectivity index (χ0) is 12.6. The van der Waals surface area contributed by atoms with E-state index in [4.69, 9.17) is 0 Å². The van der Waals surface area contributed by atoms with Crippen molar-refractivity contribution < 1.29 is 9.59 Å². The van der Waals surface area contributed by atoms with E-state index in [2.05, 4.69) is 21.4 Å². The van der Waals surface area contributed by atoms with Gasteiger partial charge in [-0.1, -0.05) is 29.8 Å². The summed E-state index contributed by atoms with van der Waals surface area (Å²) in [5.74, 6) is -0.381. The molecule has 0 bridgehead atoms. The Kier molecular flexibility index (Phi) is 2.95. The van der Waals surface area contributed by atoms with Crippen LogP contribution >= 0.6 is 15.9 Å². The molecule has 2 rings (SSSR count). The number of imide groups is 1. The molecule has 1 fully saturated rings. The zero-order valence-electron chi connectivity index (χ0n) is 9.66. The molecule has 0 radical (unpaired) electrons. The summed E-state index contributed by atoms with van der Waals surface area (Å²) in [4.78, 5) is 23.6. The van der Waals surface area contributed by atoms with Crippen LogP contribution in [-0.2, 0) is 9.59 Å². The molecule has 1 saturated heterocycles. The molecule has 0 aromatic heterocycles. The lowest BCUT2D eigenvalue weighted by atomic mass is 9.92. The number of carbonyl (C=O) groups is 2. The van der Waals surface area contributed by atoms with Crippen LogP contribution in [0.25, 0.3) is 0 Å². The zero-order valence-corrected chi connectivity index (χ0v) is 11.2. The molecule has 0 aliphatic carbocycles. The lowest BCUT2D eigenvalue weighted by Gasteiger charge is -2.19. The van der Waals surface area contributed by atoms with E-state index in [1.807, 2.05) is 12.1 Å². The lowest BCUT2D eigenvalue weighted by Crippen LogP contribution is -2.37. The highest BCUT2D eigenvalue weighted by Crippen LogP contribution is 2.31. The van der Waals surface area contributed by atoms with Crippen molar-refractivity contribution in [3.8, 4) is 0 Å². The van der Waals surface area contributed by atoms with Gasteiger partial charge in [0.15, 0.2) is 0 Å². The van der Waals surface area contributed by atoms with Crippen molar-refractivity contribution in [3.63, 3.8) is 0 Å². The fourth-order valence-corrected chi connectivity index (χ4v) is 1.98. The third-order valence-electron chi connectivity index (χ3n) is 2.71. The molecule has 90 valence electrons. The smallest absolute Gasteiger partial charge is 0.254 e. The molecule has 1 aliphatic rings. The summed E-state index contributed by atoms with van der Waals surface area (Å²) in [5.41, 5.74) is 2.94. The molecule has 1 aromatic carbocycles. The standard InChI is InChI=1S/C12H13BrN2O2/c1-12(2)7-10(16)15(11(12)17)14-9-5-3-8(13)4-6-9/h3-6,14H,7H2,1-2H3. The Bertz CT molecular complexity index is 468. The van der Waals surface area contributed by atoms with Crippen molar-refractivity contribution in [2.75, 3.05) is 5.43 Å². The van der Waals surface area contributed by atoms with Crippen molar-refractivity contribution in [3.05, 3.63) is 28.7 Å². The maximum Gasteiger partial charge on any atom is 0.254 e. The lowest BCUT2D eigenvalue weighted by molar-refractivity contribution is -0.139. The van der Waals surface area contributed by atoms with Gasteiger partial charge in [-0.3, -0.25) is 15.0 Å². The summed E-state index contributed by atoms with van der Waals surface area (Å²) in [6.07, 6.45) is 0.245. The summed E-state index contributed by atoms with van der Waals surface area (Å²) < 4.78 is 0.947. The first-order valence-corrected chi connectivity index (χ1v) is 6.09. The second kappa shape index (κ2) is 4.14. The first-order chi connectivity index (χ1) is 7.90. The molecule has 1 heterocycles. The SMILES string of the molecule is CC1(C)CC(=O)N(Nc2ccc(Br)cc2)C1=O. The van der Waals surface area contributed by atoms with Gasteiger partial charge in [0, 0.05) is 10.9 Å². The highest BCUT2D eigenvalue weighted by molar-refractivity contribution is 9.10. The van der Waals surface area contributed by atoms with E-state index in [-0.39, 0.29) is 18.2 Å². The Labute approximate surface area is 108 Å². The highest BCUT2D eigenvalue weighted by atomic mass is 79.9. The highest BCUT2D eigenvalue weighted by Gasteiger charge is 2.45. The summed E-state index contributed by atoms with van der Waals surface area (Å²) in [6.45, 7) is 3.55. The monoisotopic (exact) mass is 296 g/mol. The van der Waals surface area contributed by atoms with E-state index in [1.165, 1.54) is 0 Å². The Balaban J connectivity index is 2.17. The van der Waals surface area contributed by atoms with Crippen LogP contribution in [0.4, 0.5) is 5.69 Å². The molecule has 0 saturated carbocycles. The van der Waals surface area contributed by atoms with Crippen LogP contribution in [-0.4, -0.2) is 16.8 Å². The Morgan fingerprint density at radius 1 is 1.24 bits per heavy atom. The van der Waals surface area contributed by atoms with Crippen molar-refractivity contribution in [1.29, 1.82) is 0 Å². The van der Waals surface area contributed by atoms with E-state index in [0.717, 1.165) is 9.48 Å². The second-order valence-corrected chi connectivity index (χ2v) is 5.63. The number of benzene rings is 1. The molecule has 17 heavy (non-hydrogen) atoms. The van der Waals surface area contributed by atoms with Crippen LogP contribution in [0.15, 0.2) is 28.7 Å². The molecule has 1 aliphatic heterocycles. The van der Waals surface area contributed by atoms with Gasteiger partial charge in [-0.05, 0) is 24.3 Å². The minimum Gasteiger partial charge on any atom is -0.289 e. The van der Waals surface area contributed by atoms with Gasteiger partial charge in [0.25, 0.3) is 5.91 Å². The van der Waals surface area contributed by atoms with Crippen LogP contribution in [0.2, 0.25) is 0 Å². The van der Waals surface area contributed by atoms with Gasteiger partial charge in [-0.25, -0.2) is 0 Å². The molecular formula is C12H13BrN2O2. The van der Waals surface area contributed by atoms with Gasteiger partial charge in [0.1, 0.15) is 0 Å². The van der Waals surface area contributed by atoms with E-state index >= 15 is 0 Å². The number of nitrogens with one attached hydrogen (secondary N) is 1. The predicted octanol–water partition coefficient (Wildman–Crippen LogP) is 2.56. The van der Waals surface area contributed by atoms with Crippen molar-refractivity contribution in [2.45, 2.75) is 20.3 Å². The molecule has 0 unspecified atom stereocenters. The number of hydrogen-bond acceptors (Lipinski definition) is 3. The maximum atomic E-state index is 11.9. The largest absolute Gasteiger partial charge is 0.289 e. The van der Waals surface area contributed by atoms with Gasteiger partial charge in [0.05, 0.1) is 11.1 Å². The molecule has 0 atom stereocenters. The predicted molar refractivity (Wildman–Crippen MR) is 68.0 cm³/mol. The van der Waals surface area contributed by atoms with E-state index < -0.39 is 5.41 Å². The van der Waals surface area contributed by atoms with Gasteiger partial charge in [-0.2, -0.15) is 5.01 Å². The number of hydrazine groups is 1. The minimum absolute atomic E-state index is 0.189. The Morgan fingerprint density at radius 3 is 2.29 bits per heavy atom. The van der Waals surface area contributed by atoms with Crippen LogP contribution in [0.3, 0.4) is 0 Å². The molecule has 0 spiro atoms. The van der Waals surface area contributed by atoms with E-state index in [9.17, 15) is 9.59 Å². The fraction of sp³-hybridized carbons (Fsp3) is 0.333. The van der Waals surface area contributed by atoms with Crippen LogP contribution < -0.4 is 5.43 Å². The van der Waals surface area contributed by atoms with Gasteiger partial charge in [0.2, 0.25) is 5.91 Å². The number of rotatable bonds is 2. The summed E-state index contributed by atoms with van der Waals surface area (Å²) in [6, 6.07) is 7.29. The van der Waals surface area contributed by atoms with Crippen molar-refractivity contribution >= 4 is 33.4 Å². The number of anilines is 1. The first-order valence-electron chi connectivity index (χ1n) is 5.30. The summed E-state index contributed by atoms with van der Waals surface area (Å²) in [7, 11) is 0. The third kappa shape index (κ3) is 2.34. The van der Waals surface area contributed by atoms with Crippen molar-refractivity contribution in [2.24, 2.45) is 5.41 Å². The molecule has 5 heteroatoms. The number of halogens is 1. The average molecular weight is 297 g/mol. The number of amides is 2. The van der Waals surface area contributed by atoms with Crippen LogP contribution in [0.5, 0.6) is 0 Å². The van der Waals surface area contributed by atoms with E-state index in [1.54, 1.807) is 26.0 Å². The molecule has 2 amide bonds. The normalized spacial score (nSPS) is 18.6. The van der Waals surface area contributed by atoms with Gasteiger partial charge >= 0.3 is 0 Å². The number of hydrogen-bond donors (Lipinski definition) is 1. The Morgan fingerprint density at radius 2 is 1.82 bits per heavy atom. The fourth-order valence-electron chi connectivity index (χ4n) is 1.72. The second-order valence-electron chi connectivity index (χ2n) is 4.71. The first kappa shape index (κ1) is 12.1. The number of carbonyl (C=O) groups excluding carboxylic acids is 2. The van der Waals surface area contributed by atoms with Crippen molar-refractivity contribution in [1.82, 2.24) is 5.01 Å². The Hall–Kier alpha value is -1.36. The van der Waals surface area contributed by atoms with Crippen LogP contribution in [0.1, 0.15) is 20.3 Å². The quantitative estimate of drug-likeness (QED) is 0.854. The molecule has 1 aromatic rings. The number of nitrogens with zero attached hydrogens (tertiary/aromatic N) is 1. The summed E-state index contributed by atoms with van der Waals surface area (Å²) in [5, 5.41) is 1.10. The minimum atomic E-state index is -0.612. The topological polar surface area (TPSA) is 49.4 Å². The maximum absolute atomic E-state index is 11.9. The summed E-state index contributed by atoms with van der Waals surface area (Å²) >= 11 is 3.32.